The van der Waals surface area contributed by atoms with Gasteiger partial charge >= 0.3 is 0 Å². The van der Waals surface area contributed by atoms with Gasteiger partial charge in [0.05, 0.1) is 35.7 Å². The van der Waals surface area contributed by atoms with Gasteiger partial charge in [0.2, 0.25) is 0 Å². The smallest absolute Gasteiger partial charge is 0.105 e. The van der Waals surface area contributed by atoms with Gasteiger partial charge in [0.15, 0.2) is 0 Å². The van der Waals surface area contributed by atoms with Gasteiger partial charge in [0.25, 0.3) is 0 Å². The number of morpholine rings is 1. The molecular formula is C13H17ClN2O2. The van der Waals surface area contributed by atoms with Gasteiger partial charge in [-0.1, -0.05) is 25.4 Å². The summed E-state index contributed by atoms with van der Waals surface area (Å²) < 4.78 is 5.56. The minimum Gasteiger partial charge on any atom is -0.386 e. The van der Waals surface area contributed by atoms with Crippen molar-refractivity contribution in [1.29, 1.82) is 0 Å². The Labute approximate surface area is 112 Å². The number of rotatable bonds is 0. The first-order valence-corrected chi connectivity index (χ1v) is 6.57. The van der Waals surface area contributed by atoms with Crippen molar-refractivity contribution in [3.63, 3.8) is 0 Å². The van der Waals surface area contributed by atoms with Gasteiger partial charge in [0.1, 0.15) is 6.10 Å². The van der Waals surface area contributed by atoms with Crippen molar-refractivity contribution in [3.8, 4) is 0 Å². The van der Waals surface area contributed by atoms with Crippen LogP contribution in [-0.4, -0.2) is 35.9 Å². The highest BCUT2D eigenvalue weighted by molar-refractivity contribution is 6.30. The van der Waals surface area contributed by atoms with E-state index in [1.54, 1.807) is 6.20 Å². The van der Waals surface area contributed by atoms with E-state index in [1.807, 2.05) is 6.07 Å². The van der Waals surface area contributed by atoms with Crippen LogP contribution in [0.5, 0.6) is 0 Å². The SMILES string of the molecule is CC1(C)C(O)c2ncc(Cl)cc2N2CCOCC21. The number of hydrogen-bond donors (Lipinski definition) is 1. The van der Waals surface area contributed by atoms with E-state index in [0.717, 1.165) is 17.9 Å². The number of aromatic nitrogens is 1. The van der Waals surface area contributed by atoms with Crippen LogP contribution in [0.15, 0.2) is 12.3 Å². The number of nitrogens with zero attached hydrogens (tertiary/aromatic N) is 2. The Kier molecular flexibility index (Phi) is 2.77. The molecular weight excluding hydrogens is 252 g/mol. The van der Waals surface area contributed by atoms with Gasteiger partial charge < -0.3 is 14.7 Å². The average Bonchev–Trinajstić information content (AvgIpc) is 2.36. The molecule has 18 heavy (non-hydrogen) atoms. The Bertz CT molecular complexity index is 478. The number of halogens is 1. The summed E-state index contributed by atoms with van der Waals surface area (Å²) in [5, 5.41) is 11.1. The van der Waals surface area contributed by atoms with Gasteiger partial charge in [-0.05, 0) is 6.07 Å². The lowest BCUT2D eigenvalue weighted by molar-refractivity contribution is -0.0288. The molecule has 98 valence electrons. The molecule has 0 amide bonds. The summed E-state index contributed by atoms with van der Waals surface area (Å²) >= 11 is 6.02. The minimum atomic E-state index is -0.590. The maximum absolute atomic E-state index is 10.5. The Hall–Kier alpha value is -0.840. The molecule has 3 heterocycles. The molecule has 2 aliphatic heterocycles. The second-order valence-corrected chi connectivity index (χ2v) is 6.00. The lowest BCUT2D eigenvalue weighted by Gasteiger charge is -2.52. The molecule has 2 unspecified atom stereocenters. The highest BCUT2D eigenvalue weighted by atomic mass is 35.5. The van der Waals surface area contributed by atoms with E-state index < -0.39 is 6.10 Å². The Morgan fingerprint density at radius 3 is 3.11 bits per heavy atom. The predicted octanol–water partition coefficient (Wildman–Crippen LogP) is 2.01. The molecule has 0 radical (unpaired) electrons. The molecule has 1 saturated heterocycles. The lowest BCUT2D eigenvalue weighted by atomic mass is 9.73. The second-order valence-electron chi connectivity index (χ2n) is 5.57. The van der Waals surface area contributed by atoms with Crippen molar-refractivity contribution in [1.82, 2.24) is 4.98 Å². The van der Waals surface area contributed by atoms with E-state index in [9.17, 15) is 5.11 Å². The molecule has 2 aliphatic rings. The molecule has 0 spiro atoms. The van der Waals surface area contributed by atoms with Crippen LogP contribution in [-0.2, 0) is 4.74 Å². The summed E-state index contributed by atoms with van der Waals surface area (Å²) in [6.45, 7) is 6.27. The van der Waals surface area contributed by atoms with E-state index in [1.165, 1.54) is 0 Å². The third kappa shape index (κ3) is 1.63. The first-order chi connectivity index (χ1) is 8.51. The van der Waals surface area contributed by atoms with Gasteiger partial charge in [-0.15, -0.1) is 0 Å². The summed E-state index contributed by atoms with van der Waals surface area (Å²) in [4.78, 5) is 6.59. The van der Waals surface area contributed by atoms with Crippen molar-refractivity contribution >= 4 is 17.3 Å². The molecule has 1 aromatic rings. The molecule has 0 aliphatic carbocycles. The Morgan fingerprint density at radius 2 is 2.33 bits per heavy atom. The number of ether oxygens (including phenoxy) is 1. The molecule has 0 aromatic carbocycles. The van der Waals surface area contributed by atoms with Crippen LogP contribution in [0.2, 0.25) is 5.02 Å². The Morgan fingerprint density at radius 1 is 1.56 bits per heavy atom. The largest absolute Gasteiger partial charge is 0.386 e. The molecule has 2 atom stereocenters. The Balaban J connectivity index is 2.15. The number of pyridine rings is 1. The highest BCUT2D eigenvalue weighted by Crippen LogP contribution is 2.48. The first-order valence-electron chi connectivity index (χ1n) is 6.19. The zero-order valence-electron chi connectivity index (χ0n) is 10.6. The molecule has 1 aromatic heterocycles. The maximum Gasteiger partial charge on any atom is 0.105 e. The van der Waals surface area contributed by atoms with Gasteiger partial charge in [-0.2, -0.15) is 0 Å². The highest BCUT2D eigenvalue weighted by Gasteiger charge is 2.48. The number of anilines is 1. The topological polar surface area (TPSA) is 45.6 Å². The van der Waals surface area contributed by atoms with Crippen molar-refractivity contribution in [3.05, 3.63) is 23.0 Å². The molecule has 3 rings (SSSR count). The van der Waals surface area contributed by atoms with Crippen LogP contribution in [0, 0.1) is 5.41 Å². The van der Waals surface area contributed by atoms with Gasteiger partial charge in [-0.3, -0.25) is 4.98 Å². The van der Waals surface area contributed by atoms with Crippen LogP contribution in [0.25, 0.3) is 0 Å². The summed E-state index contributed by atoms with van der Waals surface area (Å²) in [5.74, 6) is 0. The fourth-order valence-electron chi connectivity index (χ4n) is 2.92. The molecule has 1 N–H and O–H groups in total. The number of fused-ring (bicyclic) bond motifs is 3. The third-order valence-electron chi connectivity index (χ3n) is 4.12. The van der Waals surface area contributed by atoms with Gasteiger partial charge in [-0.25, -0.2) is 0 Å². The standard InChI is InChI=1S/C13H17ClN2O2/c1-13(2)10-7-18-4-3-16(10)9-5-8(14)6-15-11(9)12(13)17/h5-6,10,12,17H,3-4,7H2,1-2H3. The molecule has 0 bridgehead atoms. The predicted molar refractivity (Wildman–Crippen MR) is 69.9 cm³/mol. The lowest BCUT2D eigenvalue weighted by Crippen LogP contribution is -2.58. The summed E-state index contributed by atoms with van der Waals surface area (Å²) in [7, 11) is 0. The number of aliphatic hydroxyl groups excluding tert-OH is 1. The maximum atomic E-state index is 10.5. The van der Waals surface area contributed by atoms with Crippen molar-refractivity contribution in [2.75, 3.05) is 24.7 Å². The van der Waals surface area contributed by atoms with Crippen molar-refractivity contribution < 1.29 is 9.84 Å². The van der Waals surface area contributed by atoms with E-state index in [2.05, 4.69) is 23.7 Å². The van der Waals surface area contributed by atoms with Crippen LogP contribution in [0.3, 0.4) is 0 Å². The fourth-order valence-corrected chi connectivity index (χ4v) is 3.08. The van der Waals surface area contributed by atoms with Crippen molar-refractivity contribution in [2.24, 2.45) is 5.41 Å². The van der Waals surface area contributed by atoms with Crippen LogP contribution in [0.4, 0.5) is 5.69 Å². The van der Waals surface area contributed by atoms with Crippen LogP contribution >= 0.6 is 11.6 Å². The summed E-state index contributed by atoms with van der Waals surface area (Å²) in [6.07, 6.45) is 1.01. The number of aliphatic hydroxyl groups is 1. The summed E-state index contributed by atoms with van der Waals surface area (Å²) in [6, 6.07) is 2.05. The normalized spacial score (nSPS) is 29.7. The monoisotopic (exact) mass is 268 g/mol. The first kappa shape index (κ1) is 12.2. The summed E-state index contributed by atoms with van der Waals surface area (Å²) in [5.41, 5.74) is 1.39. The van der Waals surface area contributed by atoms with Crippen LogP contribution < -0.4 is 4.90 Å². The second kappa shape index (κ2) is 4.08. The molecule has 0 saturated carbocycles. The quantitative estimate of drug-likeness (QED) is 0.782. The van der Waals surface area contributed by atoms with Crippen molar-refractivity contribution in [2.45, 2.75) is 26.0 Å². The van der Waals surface area contributed by atoms with Gasteiger partial charge in [0, 0.05) is 18.2 Å². The minimum absolute atomic E-state index is 0.161. The van der Waals surface area contributed by atoms with E-state index in [0.29, 0.717) is 18.2 Å². The number of hydrogen-bond acceptors (Lipinski definition) is 4. The van der Waals surface area contributed by atoms with E-state index in [-0.39, 0.29) is 11.5 Å². The average molecular weight is 269 g/mol. The zero-order chi connectivity index (χ0) is 12.9. The van der Waals surface area contributed by atoms with E-state index >= 15 is 0 Å². The zero-order valence-corrected chi connectivity index (χ0v) is 11.3. The molecule has 1 fully saturated rings. The molecule has 5 heteroatoms. The fraction of sp³-hybridized carbons (Fsp3) is 0.615. The third-order valence-corrected chi connectivity index (χ3v) is 4.33. The van der Waals surface area contributed by atoms with Crippen LogP contribution in [0.1, 0.15) is 25.6 Å². The molecule has 4 nitrogen and oxygen atoms in total. The van der Waals surface area contributed by atoms with E-state index in [4.69, 9.17) is 16.3 Å².